The molecule has 6 nitrogen and oxygen atoms in total. The summed E-state index contributed by atoms with van der Waals surface area (Å²) in [6.07, 6.45) is 5.40. The zero-order valence-electron chi connectivity index (χ0n) is 13.2. The molecule has 1 aliphatic rings. The zero-order chi connectivity index (χ0) is 17.6. The first-order valence-electron chi connectivity index (χ1n) is 7.20. The minimum absolute atomic E-state index is 0.207. The summed E-state index contributed by atoms with van der Waals surface area (Å²) in [5.74, 6) is -0.0738. The van der Waals surface area contributed by atoms with Gasteiger partial charge in [0.1, 0.15) is 5.84 Å². The van der Waals surface area contributed by atoms with E-state index in [2.05, 4.69) is 16.3 Å². The molecule has 1 aliphatic heterocycles. The predicted molar refractivity (Wildman–Crippen MR) is 95.5 cm³/mol. The van der Waals surface area contributed by atoms with Crippen molar-refractivity contribution in [1.29, 1.82) is 0 Å². The molecule has 128 valence electrons. The Kier molecular flexibility index (Phi) is 6.22. The molecule has 1 heterocycles. The lowest BCUT2D eigenvalue weighted by atomic mass is 10.2. The molecule has 0 bridgehead atoms. The minimum Gasteiger partial charge on any atom is -0.462 e. The lowest BCUT2D eigenvalue weighted by Crippen LogP contribution is -2.22. The molecule has 0 aromatic heterocycles. The van der Waals surface area contributed by atoms with Gasteiger partial charge in [0.15, 0.2) is 0 Å². The molecule has 0 spiro atoms. The number of hydrogen-bond donors (Lipinski definition) is 1. The number of thioether (sulfide) groups is 1. The highest BCUT2D eigenvalue weighted by Gasteiger charge is 2.29. The lowest BCUT2D eigenvalue weighted by molar-refractivity contribution is -0.138. The topological polar surface area (TPSA) is 84.8 Å². The van der Waals surface area contributed by atoms with E-state index in [1.807, 2.05) is 0 Å². The Morgan fingerprint density at radius 2 is 2.17 bits per heavy atom. The van der Waals surface area contributed by atoms with Gasteiger partial charge in [-0.2, -0.15) is 0 Å². The Hall–Kier alpha value is -2.06. The molecule has 0 atom stereocenters. The highest BCUT2D eigenvalue weighted by Crippen LogP contribution is 2.22. The van der Waals surface area contributed by atoms with Crippen LogP contribution < -0.4 is 4.72 Å². The van der Waals surface area contributed by atoms with Crippen LogP contribution in [0.5, 0.6) is 0 Å². The molecule has 2 rings (SSSR count). The van der Waals surface area contributed by atoms with E-state index in [1.54, 1.807) is 30.5 Å². The Bertz CT molecular complexity index is 798. The molecule has 0 aliphatic carbocycles. The number of esters is 1. The SMILES string of the molecule is C=C/C=C(\SC)C(=O)OCCCN=C1NS(=O)(=O)c2ccccc21. The van der Waals surface area contributed by atoms with Crippen LogP contribution in [0, 0.1) is 0 Å². The van der Waals surface area contributed by atoms with Crippen molar-refractivity contribution in [2.75, 3.05) is 19.4 Å². The average molecular weight is 366 g/mol. The van der Waals surface area contributed by atoms with Gasteiger partial charge in [0.05, 0.1) is 16.4 Å². The van der Waals surface area contributed by atoms with Crippen LogP contribution in [-0.4, -0.2) is 39.6 Å². The minimum atomic E-state index is -3.52. The maximum Gasteiger partial charge on any atom is 0.344 e. The maximum atomic E-state index is 11.9. The summed E-state index contributed by atoms with van der Waals surface area (Å²) in [7, 11) is -3.52. The Morgan fingerprint density at radius 3 is 2.88 bits per heavy atom. The molecule has 0 unspecified atom stereocenters. The number of aliphatic imine (C=N–C) groups is 1. The van der Waals surface area contributed by atoms with Gasteiger partial charge in [-0.3, -0.25) is 9.71 Å². The van der Waals surface area contributed by atoms with Crippen molar-refractivity contribution in [2.45, 2.75) is 11.3 Å². The van der Waals surface area contributed by atoms with Crippen molar-refractivity contribution < 1.29 is 17.9 Å². The van der Waals surface area contributed by atoms with Crippen LogP contribution in [0.3, 0.4) is 0 Å². The van der Waals surface area contributed by atoms with E-state index in [-0.39, 0.29) is 11.5 Å². The van der Waals surface area contributed by atoms with Crippen LogP contribution in [0.1, 0.15) is 12.0 Å². The molecule has 0 amide bonds. The van der Waals surface area contributed by atoms with E-state index in [0.29, 0.717) is 29.3 Å². The quantitative estimate of drug-likeness (QED) is 0.346. The average Bonchev–Trinajstić information content (AvgIpc) is 2.83. The second kappa shape index (κ2) is 8.16. The van der Waals surface area contributed by atoms with E-state index in [1.165, 1.54) is 23.9 Å². The molecule has 0 saturated carbocycles. The van der Waals surface area contributed by atoms with Crippen LogP contribution in [0.15, 0.2) is 57.8 Å². The summed E-state index contributed by atoms with van der Waals surface area (Å²) in [6.45, 7) is 4.10. The van der Waals surface area contributed by atoms with Gasteiger partial charge in [0.2, 0.25) is 0 Å². The van der Waals surface area contributed by atoms with E-state index in [4.69, 9.17) is 4.74 Å². The third-order valence-corrected chi connectivity index (χ3v) is 5.30. The first-order valence-corrected chi connectivity index (χ1v) is 9.91. The number of rotatable bonds is 7. The van der Waals surface area contributed by atoms with Crippen molar-refractivity contribution in [3.63, 3.8) is 0 Å². The van der Waals surface area contributed by atoms with Crippen molar-refractivity contribution in [2.24, 2.45) is 4.99 Å². The van der Waals surface area contributed by atoms with Crippen LogP contribution in [-0.2, 0) is 19.6 Å². The normalized spacial score (nSPS) is 17.2. The van der Waals surface area contributed by atoms with Gasteiger partial charge in [-0.15, -0.1) is 11.8 Å². The third-order valence-electron chi connectivity index (χ3n) is 3.16. The van der Waals surface area contributed by atoms with Gasteiger partial charge >= 0.3 is 5.97 Å². The summed E-state index contributed by atoms with van der Waals surface area (Å²) >= 11 is 1.29. The maximum absolute atomic E-state index is 11.9. The number of hydrogen-bond acceptors (Lipinski definition) is 6. The van der Waals surface area contributed by atoms with Gasteiger partial charge in [-0.05, 0) is 24.5 Å². The number of carbonyl (C=O) groups excluding carboxylic acids is 1. The summed E-state index contributed by atoms with van der Waals surface area (Å²) in [4.78, 5) is 16.7. The molecule has 1 aromatic rings. The van der Waals surface area contributed by atoms with Crippen LogP contribution in [0.2, 0.25) is 0 Å². The number of carbonyl (C=O) groups is 1. The third kappa shape index (κ3) is 4.27. The predicted octanol–water partition coefficient (Wildman–Crippen LogP) is 2.09. The van der Waals surface area contributed by atoms with Gasteiger partial charge < -0.3 is 4.74 Å². The largest absolute Gasteiger partial charge is 0.462 e. The molecular formula is C16H18N2O4S2. The number of nitrogens with zero attached hydrogens (tertiary/aromatic N) is 1. The molecular weight excluding hydrogens is 348 g/mol. The van der Waals surface area contributed by atoms with E-state index >= 15 is 0 Å². The van der Waals surface area contributed by atoms with Gasteiger partial charge in [0.25, 0.3) is 10.0 Å². The van der Waals surface area contributed by atoms with Gasteiger partial charge in [-0.25, -0.2) is 13.2 Å². The van der Waals surface area contributed by atoms with Crippen molar-refractivity contribution >= 4 is 33.6 Å². The second-order valence-electron chi connectivity index (χ2n) is 4.79. The number of sulfonamides is 1. The lowest BCUT2D eigenvalue weighted by Gasteiger charge is -2.05. The van der Waals surface area contributed by atoms with Crippen LogP contribution in [0.25, 0.3) is 0 Å². The summed E-state index contributed by atoms with van der Waals surface area (Å²) in [5.41, 5.74) is 0.563. The van der Waals surface area contributed by atoms with Gasteiger partial charge in [-0.1, -0.05) is 24.8 Å². The molecule has 0 radical (unpaired) electrons. The summed E-state index contributed by atoms with van der Waals surface area (Å²) in [6, 6.07) is 6.67. The Morgan fingerprint density at radius 1 is 1.42 bits per heavy atom. The number of allylic oxidation sites excluding steroid dienone is 2. The highest BCUT2D eigenvalue weighted by atomic mass is 32.2. The second-order valence-corrected chi connectivity index (χ2v) is 7.29. The number of nitrogens with one attached hydrogen (secondary N) is 1. The van der Waals surface area contributed by atoms with E-state index in [0.717, 1.165) is 0 Å². The monoisotopic (exact) mass is 366 g/mol. The number of fused-ring (bicyclic) bond motifs is 1. The fourth-order valence-electron chi connectivity index (χ4n) is 2.07. The molecule has 24 heavy (non-hydrogen) atoms. The Balaban J connectivity index is 1.89. The smallest absolute Gasteiger partial charge is 0.344 e. The Labute approximate surface area is 145 Å². The molecule has 1 aromatic carbocycles. The van der Waals surface area contributed by atoms with Crippen LogP contribution in [0.4, 0.5) is 0 Å². The fraction of sp³-hybridized carbons (Fsp3) is 0.250. The molecule has 0 fully saturated rings. The van der Waals surface area contributed by atoms with Crippen molar-refractivity contribution in [1.82, 2.24) is 4.72 Å². The zero-order valence-corrected chi connectivity index (χ0v) is 14.8. The van der Waals surface area contributed by atoms with Crippen molar-refractivity contribution in [3.05, 3.63) is 53.5 Å². The first kappa shape index (κ1) is 18.3. The number of benzene rings is 1. The first-order chi connectivity index (χ1) is 11.5. The molecule has 8 heteroatoms. The van der Waals surface area contributed by atoms with Gasteiger partial charge in [0, 0.05) is 18.5 Å². The van der Waals surface area contributed by atoms with Crippen molar-refractivity contribution in [3.8, 4) is 0 Å². The standard InChI is InChI=1S/C16H18N2O4S2/c1-3-7-13(23-2)16(19)22-11-6-10-17-15-12-8-4-5-9-14(12)24(20,21)18-15/h3-5,7-9H,1,6,10-11H2,2H3,(H,17,18)/b13-7-. The summed E-state index contributed by atoms with van der Waals surface area (Å²) < 4.78 is 31.4. The fourth-order valence-corrected chi connectivity index (χ4v) is 3.78. The highest BCUT2D eigenvalue weighted by molar-refractivity contribution is 8.03. The van der Waals surface area contributed by atoms with Crippen LogP contribution >= 0.6 is 11.8 Å². The van der Waals surface area contributed by atoms with E-state index < -0.39 is 16.0 Å². The number of ether oxygens (including phenoxy) is 1. The molecule has 0 saturated heterocycles. The number of amidine groups is 1. The summed E-state index contributed by atoms with van der Waals surface area (Å²) in [5, 5.41) is 0. The van der Waals surface area contributed by atoms with E-state index in [9.17, 15) is 13.2 Å². The molecule has 1 N–H and O–H groups in total.